The molecule has 0 aromatic heterocycles. The van der Waals surface area contributed by atoms with Crippen LogP contribution in [0.4, 0.5) is 0 Å². The Morgan fingerprint density at radius 1 is 1.50 bits per heavy atom. The van der Waals surface area contributed by atoms with E-state index in [1.807, 2.05) is 6.92 Å². The van der Waals surface area contributed by atoms with Crippen molar-refractivity contribution in [2.75, 3.05) is 20.1 Å². The molecule has 0 rings (SSSR count). The molecule has 1 atom stereocenters. The molecule has 16 heavy (non-hydrogen) atoms. The SMILES string of the molecule is CCN(CCCC(C)(NC)C(N)=O)C(C)C. The molecular formula is C12H27N3O. The lowest BCUT2D eigenvalue weighted by Gasteiger charge is -2.29. The maximum atomic E-state index is 11.3. The Labute approximate surface area is 99.6 Å². The van der Waals surface area contributed by atoms with Crippen LogP contribution < -0.4 is 11.1 Å². The van der Waals surface area contributed by atoms with Crippen molar-refractivity contribution in [1.29, 1.82) is 0 Å². The van der Waals surface area contributed by atoms with Gasteiger partial charge in [0, 0.05) is 6.04 Å². The van der Waals surface area contributed by atoms with E-state index in [1.165, 1.54) is 0 Å². The zero-order valence-corrected chi connectivity index (χ0v) is 11.3. The second kappa shape index (κ2) is 6.86. The molecule has 0 fully saturated rings. The van der Waals surface area contributed by atoms with Crippen molar-refractivity contribution >= 4 is 5.91 Å². The highest BCUT2D eigenvalue weighted by Crippen LogP contribution is 2.12. The lowest BCUT2D eigenvalue weighted by atomic mass is 9.95. The molecule has 0 aliphatic heterocycles. The molecule has 96 valence electrons. The summed E-state index contributed by atoms with van der Waals surface area (Å²) in [6.45, 7) is 10.5. The van der Waals surface area contributed by atoms with Crippen LogP contribution in [0.3, 0.4) is 0 Å². The van der Waals surface area contributed by atoms with Crippen LogP contribution in [0.2, 0.25) is 0 Å². The van der Waals surface area contributed by atoms with E-state index in [1.54, 1.807) is 7.05 Å². The predicted molar refractivity (Wildman–Crippen MR) is 68.3 cm³/mol. The average molecular weight is 229 g/mol. The molecule has 0 saturated heterocycles. The van der Waals surface area contributed by atoms with Gasteiger partial charge in [-0.1, -0.05) is 6.92 Å². The summed E-state index contributed by atoms with van der Waals surface area (Å²) in [7, 11) is 1.78. The number of amides is 1. The van der Waals surface area contributed by atoms with Crippen molar-refractivity contribution in [1.82, 2.24) is 10.2 Å². The Bertz CT molecular complexity index is 218. The van der Waals surface area contributed by atoms with Crippen LogP contribution in [0.1, 0.15) is 40.5 Å². The lowest BCUT2D eigenvalue weighted by molar-refractivity contribution is -0.123. The second-order valence-corrected chi connectivity index (χ2v) is 4.77. The first-order valence-corrected chi connectivity index (χ1v) is 6.10. The van der Waals surface area contributed by atoms with Crippen molar-refractivity contribution in [3.63, 3.8) is 0 Å². The number of nitrogens with one attached hydrogen (secondary N) is 1. The molecule has 0 heterocycles. The van der Waals surface area contributed by atoms with Gasteiger partial charge < -0.3 is 16.0 Å². The summed E-state index contributed by atoms with van der Waals surface area (Å²) < 4.78 is 0. The van der Waals surface area contributed by atoms with E-state index in [-0.39, 0.29) is 5.91 Å². The third-order valence-electron chi connectivity index (χ3n) is 3.35. The van der Waals surface area contributed by atoms with Crippen LogP contribution in [-0.4, -0.2) is 42.5 Å². The third-order valence-corrected chi connectivity index (χ3v) is 3.35. The maximum absolute atomic E-state index is 11.3. The molecule has 0 radical (unpaired) electrons. The topological polar surface area (TPSA) is 58.4 Å². The number of rotatable bonds is 8. The fourth-order valence-corrected chi connectivity index (χ4v) is 1.79. The lowest BCUT2D eigenvalue weighted by Crippen LogP contribution is -2.51. The number of primary amides is 1. The van der Waals surface area contributed by atoms with Gasteiger partial charge in [0.15, 0.2) is 0 Å². The molecule has 0 aromatic carbocycles. The first kappa shape index (κ1) is 15.4. The van der Waals surface area contributed by atoms with Gasteiger partial charge in [0.2, 0.25) is 5.91 Å². The van der Waals surface area contributed by atoms with E-state index in [9.17, 15) is 4.79 Å². The molecule has 0 spiro atoms. The zero-order chi connectivity index (χ0) is 12.8. The van der Waals surface area contributed by atoms with Gasteiger partial charge in [-0.3, -0.25) is 4.79 Å². The first-order valence-electron chi connectivity index (χ1n) is 6.10. The van der Waals surface area contributed by atoms with Crippen LogP contribution in [0, 0.1) is 0 Å². The minimum atomic E-state index is -0.573. The Kier molecular flexibility index (Phi) is 6.60. The Balaban J connectivity index is 4.09. The van der Waals surface area contributed by atoms with Gasteiger partial charge in [-0.25, -0.2) is 0 Å². The first-order chi connectivity index (χ1) is 7.37. The van der Waals surface area contributed by atoms with Crippen molar-refractivity contribution in [2.24, 2.45) is 5.73 Å². The van der Waals surface area contributed by atoms with E-state index < -0.39 is 5.54 Å². The number of nitrogens with zero attached hydrogens (tertiary/aromatic N) is 1. The number of carbonyl (C=O) groups excluding carboxylic acids is 1. The molecule has 0 aliphatic rings. The Morgan fingerprint density at radius 2 is 2.06 bits per heavy atom. The smallest absolute Gasteiger partial charge is 0.237 e. The molecule has 1 unspecified atom stereocenters. The fraction of sp³-hybridized carbons (Fsp3) is 0.917. The zero-order valence-electron chi connectivity index (χ0n) is 11.3. The van der Waals surface area contributed by atoms with Crippen molar-refractivity contribution < 1.29 is 4.79 Å². The summed E-state index contributed by atoms with van der Waals surface area (Å²) in [6, 6.07) is 0.555. The molecule has 0 aliphatic carbocycles. The molecule has 3 N–H and O–H groups in total. The summed E-state index contributed by atoms with van der Waals surface area (Å²) in [6.07, 6.45) is 1.76. The maximum Gasteiger partial charge on any atom is 0.237 e. The number of hydrogen-bond acceptors (Lipinski definition) is 3. The molecule has 0 aromatic rings. The fourth-order valence-electron chi connectivity index (χ4n) is 1.79. The highest BCUT2D eigenvalue weighted by atomic mass is 16.1. The number of likely N-dealkylation sites (N-methyl/N-ethyl adjacent to an activating group) is 1. The minimum Gasteiger partial charge on any atom is -0.368 e. The Hall–Kier alpha value is -0.610. The largest absolute Gasteiger partial charge is 0.368 e. The summed E-state index contributed by atoms with van der Waals surface area (Å²) >= 11 is 0. The molecule has 0 bridgehead atoms. The second-order valence-electron chi connectivity index (χ2n) is 4.77. The molecule has 4 nitrogen and oxygen atoms in total. The van der Waals surface area contributed by atoms with Crippen LogP contribution >= 0.6 is 0 Å². The summed E-state index contributed by atoms with van der Waals surface area (Å²) in [5.74, 6) is -0.275. The molecule has 4 heteroatoms. The van der Waals surface area contributed by atoms with E-state index in [4.69, 9.17) is 5.73 Å². The van der Waals surface area contributed by atoms with Gasteiger partial charge >= 0.3 is 0 Å². The standard InChI is InChI=1S/C12H27N3O/c1-6-15(10(2)3)9-7-8-12(4,14-5)11(13)16/h10,14H,6-9H2,1-5H3,(H2,13,16). The Morgan fingerprint density at radius 3 is 2.38 bits per heavy atom. The van der Waals surface area contributed by atoms with E-state index >= 15 is 0 Å². The summed E-state index contributed by atoms with van der Waals surface area (Å²) in [4.78, 5) is 13.7. The van der Waals surface area contributed by atoms with Crippen LogP contribution in [0.15, 0.2) is 0 Å². The van der Waals surface area contributed by atoms with Gasteiger partial charge in [-0.15, -0.1) is 0 Å². The van der Waals surface area contributed by atoms with Gasteiger partial charge in [0.1, 0.15) is 0 Å². The number of carbonyl (C=O) groups is 1. The quantitative estimate of drug-likeness (QED) is 0.652. The summed E-state index contributed by atoms with van der Waals surface area (Å²) in [5, 5.41) is 3.01. The van der Waals surface area contributed by atoms with Crippen molar-refractivity contribution in [3.05, 3.63) is 0 Å². The predicted octanol–water partition coefficient (Wildman–Crippen LogP) is 0.960. The third kappa shape index (κ3) is 4.49. The number of nitrogens with two attached hydrogens (primary N) is 1. The van der Waals surface area contributed by atoms with Crippen LogP contribution in [0.25, 0.3) is 0 Å². The van der Waals surface area contributed by atoms with Gasteiger partial charge in [-0.05, 0) is 53.8 Å². The van der Waals surface area contributed by atoms with E-state index in [2.05, 4.69) is 31.0 Å². The van der Waals surface area contributed by atoms with Gasteiger partial charge in [0.05, 0.1) is 5.54 Å². The average Bonchev–Trinajstić information content (AvgIpc) is 2.23. The minimum absolute atomic E-state index is 0.275. The molecular weight excluding hydrogens is 202 g/mol. The van der Waals surface area contributed by atoms with E-state index in [0.29, 0.717) is 6.04 Å². The normalized spacial score (nSPS) is 15.4. The van der Waals surface area contributed by atoms with Crippen LogP contribution in [0.5, 0.6) is 0 Å². The highest BCUT2D eigenvalue weighted by molar-refractivity contribution is 5.84. The monoisotopic (exact) mass is 229 g/mol. The number of hydrogen-bond donors (Lipinski definition) is 2. The molecule has 1 amide bonds. The van der Waals surface area contributed by atoms with Gasteiger partial charge in [0.25, 0.3) is 0 Å². The summed E-state index contributed by atoms with van der Waals surface area (Å²) in [5.41, 5.74) is 4.80. The van der Waals surface area contributed by atoms with E-state index in [0.717, 1.165) is 25.9 Å². The molecule has 0 saturated carbocycles. The van der Waals surface area contributed by atoms with Crippen molar-refractivity contribution in [3.8, 4) is 0 Å². The van der Waals surface area contributed by atoms with Gasteiger partial charge in [-0.2, -0.15) is 0 Å². The highest BCUT2D eigenvalue weighted by Gasteiger charge is 2.28. The van der Waals surface area contributed by atoms with Crippen molar-refractivity contribution in [2.45, 2.75) is 52.1 Å². The van der Waals surface area contributed by atoms with Crippen LogP contribution in [-0.2, 0) is 4.79 Å².